The van der Waals surface area contributed by atoms with Crippen LogP contribution in [0.3, 0.4) is 0 Å². The number of benzene rings is 2. The second kappa shape index (κ2) is 7.97. The van der Waals surface area contributed by atoms with Gasteiger partial charge in [-0.3, -0.25) is 9.78 Å². The van der Waals surface area contributed by atoms with Crippen LogP contribution in [-0.4, -0.2) is 17.5 Å². The molecule has 126 valence electrons. The summed E-state index contributed by atoms with van der Waals surface area (Å²) in [5.41, 5.74) is 1.05. The first-order chi connectivity index (χ1) is 12.2. The fourth-order valence-corrected chi connectivity index (χ4v) is 2.21. The van der Waals surface area contributed by atoms with Gasteiger partial charge in [0.1, 0.15) is 22.9 Å². The van der Waals surface area contributed by atoms with Crippen LogP contribution >= 0.6 is 0 Å². The summed E-state index contributed by atoms with van der Waals surface area (Å²) < 4.78 is 11.2. The highest BCUT2D eigenvalue weighted by atomic mass is 16.5. The summed E-state index contributed by atoms with van der Waals surface area (Å²) in [4.78, 5) is 16.1. The maximum absolute atomic E-state index is 12.1. The molecule has 0 aliphatic carbocycles. The molecule has 3 aromatic rings. The molecule has 0 saturated carbocycles. The first-order valence-corrected chi connectivity index (χ1v) is 7.98. The van der Waals surface area contributed by atoms with Crippen molar-refractivity contribution in [1.29, 1.82) is 0 Å². The van der Waals surface area contributed by atoms with Crippen molar-refractivity contribution in [1.82, 2.24) is 4.98 Å². The maximum Gasteiger partial charge on any atom is 0.274 e. The molecule has 5 heteroatoms. The van der Waals surface area contributed by atoms with Gasteiger partial charge in [-0.2, -0.15) is 0 Å². The van der Waals surface area contributed by atoms with Crippen molar-refractivity contribution in [3.05, 3.63) is 78.6 Å². The van der Waals surface area contributed by atoms with Crippen LogP contribution in [-0.2, 0) is 0 Å². The van der Waals surface area contributed by atoms with Crippen molar-refractivity contribution in [2.24, 2.45) is 0 Å². The molecule has 0 unspecified atom stereocenters. The highest BCUT2D eigenvalue weighted by molar-refractivity contribution is 6.02. The average Bonchev–Trinajstić information content (AvgIpc) is 2.66. The Hall–Kier alpha value is -3.34. The summed E-state index contributed by atoms with van der Waals surface area (Å²) in [6.07, 6.45) is 1.59. The van der Waals surface area contributed by atoms with Crippen LogP contribution in [0, 0.1) is 0 Å². The summed E-state index contributed by atoms with van der Waals surface area (Å²) in [6.45, 7) is 2.57. The number of amides is 1. The minimum atomic E-state index is -0.249. The van der Waals surface area contributed by atoms with E-state index in [4.69, 9.17) is 9.47 Å². The molecule has 0 fully saturated rings. The molecule has 0 saturated heterocycles. The zero-order chi connectivity index (χ0) is 17.5. The Morgan fingerprint density at radius 1 is 0.920 bits per heavy atom. The molecular formula is C20H18N2O3. The van der Waals surface area contributed by atoms with Gasteiger partial charge in [0.05, 0.1) is 6.61 Å². The van der Waals surface area contributed by atoms with Crippen LogP contribution in [0.25, 0.3) is 0 Å². The minimum Gasteiger partial charge on any atom is -0.494 e. The molecule has 0 spiro atoms. The molecule has 0 aliphatic heterocycles. The number of pyridine rings is 1. The molecule has 25 heavy (non-hydrogen) atoms. The zero-order valence-electron chi connectivity index (χ0n) is 13.8. The predicted octanol–water partition coefficient (Wildman–Crippen LogP) is 4.52. The Bertz CT molecular complexity index is 816. The SMILES string of the molecule is CCOc1ccc(Oc2ccc(NC(=O)c3ccccn3)cc2)cc1. The molecule has 2 aromatic carbocycles. The largest absolute Gasteiger partial charge is 0.494 e. The van der Waals surface area contributed by atoms with Crippen molar-refractivity contribution >= 4 is 11.6 Å². The quantitative estimate of drug-likeness (QED) is 0.720. The maximum atomic E-state index is 12.1. The number of rotatable bonds is 6. The summed E-state index contributed by atoms with van der Waals surface area (Å²) in [7, 11) is 0. The third-order valence-electron chi connectivity index (χ3n) is 3.38. The van der Waals surface area contributed by atoms with E-state index in [2.05, 4.69) is 10.3 Å². The molecule has 0 aliphatic rings. The van der Waals surface area contributed by atoms with E-state index in [1.54, 1.807) is 48.7 Å². The van der Waals surface area contributed by atoms with Gasteiger partial charge >= 0.3 is 0 Å². The van der Waals surface area contributed by atoms with Gasteiger partial charge in [0.2, 0.25) is 0 Å². The Balaban J connectivity index is 1.61. The van der Waals surface area contributed by atoms with Crippen LogP contribution < -0.4 is 14.8 Å². The molecule has 0 atom stereocenters. The molecule has 3 rings (SSSR count). The fourth-order valence-electron chi connectivity index (χ4n) is 2.21. The van der Waals surface area contributed by atoms with Crippen LogP contribution in [0.4, 0.5) is 5.69 Å². The molecule has 1 amide bonds. The molecule has 1 N–H and O–H groups in total. The highest BCUT2D eigenvalue weighted by Gasteiger charge is 2.06. The number of carbonyl (C=O) groups excluding carboxylic acids is 1. The lowest BCUT2D eigenvalue weighted by atomic mass is 10.2. The molecule has 1 heterocycles. The number of carbonyl (C=O) groups is 1. The minimum absolute atomic E-state index is 0.249. The summed E-state index contributed by atoms with van der Waals surface area (Å²) in [5.74, 6) is 1.96. The van der Waals surface area contributed by atoms with Crippen molar-refractivity contribution < 1.29 is 14.3 Å². The molecule has 5 nitrogen and oxygen atoms in total. The smallest absolute Gasteiger partial charge is 0.274 e. The topological polar surface area (TPSA) is 60.5 Å². The molecule has 0 radical (unpaired) electrons. The van der Waals surface area contributed by atoms with E-state index in [1.807, 2.05) is 31.2 Å². The standard InChI is InChI=1S/C20H18N2O3/c1-2-24-16-10-12-18(13-11-16)25-17-8-6-15(7-9-17)22-20(23)19-5-3-4-14-21-19/h3-14H,2H2,1H3,(H,22,23). The van der Waals surface area contributed by atoms with E-state index >= 15 is 0 Å². The van der Waals surface area contributed by atoms with E-state index < -0.39 is 0 Å². The van der Waals surface area contributed by atoms with E-state index in [1.165, 1.54) is 0 Å². The molecule has 0 bridgehead atoms. The predicted molar refractivity (Wildman–Crippen MR) is 96.3 cm³/mol. The number of nitrogens with one attached hydrogen (secondary N) is 1. The van der Waals surface area contributed by atoms with Gasteiger partial charge < -0.3 is 14.8 Å². The van der Waals surface area contributed by atoms with Gasteiger partial charge in [0, 0.05) is 11.9 Å². The lowest BCUT2D eigenvalue weighted by Gasteiger charge is -2.09. The molecule has 1 aromatic heterocycles. The summed E-state index contributed by atoms with van der Waals surface area (Å²) >= 11 is 0. The Morgan fingerprint density at radius 3 is 2.16 bits per heavy atom. The second-order valence-electron chi connectivity index (χ2n) is 5.20. The number of aromatic nitrogens is 1. The van der Waals surface area contributed by atoms with Crippen LogP contribution in [0.1, 0.15) is 17.4 Å². The zero-order valence-corrected chi connectivity index (χ0v) is 13.8. The third-order valence-corrected chi connectivity index (χ3v) is 3.38. The Kier molecular flexibility index (Phi) is 5.26. The third kappa shape index (κ3) is 4.57. The number of hydrogen-bond donors (Lipinski definition) is 1. The Labute approximate surface area is 146 Å². The van der Waals surface area contributed by atoms with Gasteiger partial charge in [0.15, 0.2) is 0 Å². The number of anilines is 1. The first kappa shape index (κ1) is 16.5. The fraction of sp³-hybridized carbons (Fsp3) is 0.100. The lowest BCUT2D eigenvalue weighted by molar-refractivity contribution is 0.102. The number of nitrogens with zero attached hydrogens (tertiary/aromatic N) is 1. The average molecular weight is 334 g/mol. The monoisotopic (exact) mass is 334 g/mol. The van der Waals surface area contributed by atoms with Gasteiger partial charge in [0.25, 0.3) is 5.91 Å². The van der Waals surface area contributed by atoms with Crippen LogP contribution in [0.15, 0.2) is 72.9 Å². The van der Waals surface area contributed by atoms with Crippen molar-refractivity contribution in [3.8, 4) is 17.2 Å². The number of hydrogen-bond acceptors (Lipinski definition) is 4. The normalized spacial score (nSPS) is 10.1. The van der Waals surface area contributed by atoms with Gasteiger partial charge in [-0.1, -0.05) is 6.07 Å². The van der Waals surface area contributed by atoms with E-state index in [-0.39, 0.29) is 5.91 Å². The van der Waals surface area contributed by atoms with E-state index in [0.29, 0.717) is 29.5 Å². The second-order valence-corrected chi connectivity index (χ2v) is 5.20. The summed E-state index contributed by atoms with van der Waals surface area (Å²) in [5, 5.41) is 2.80. The van der Waals surface area contributed by atoms with Gasteiger partial charge in [-0.05, 0) is 67.6 Å². The van der Waals surface area contributed by atoms with Gasteiger partial charge in [-0.25, -0.2) is 0 Å². The summed E-state index contributed by atoms with van der Waals surface area (Å²) in [6, 6.07) is 19.8. The van der Waals surface area contributed by atoms with Crippen molar-refractivity contribution in [3.63, 3.8) is 0 Å². The van der Waals surface area contributed by atoms with Crippen molar-refractivity contribution in [2.75, 3.05) is 11.9 Å². The lowest BCUT2D eigenvalue weighted by Crippen LogP contribution is -2.13. The van der Waals surface area contributed by atoms with Crippen molar-refractivity contribution in [2.45, 2.75) is 6.92 Å². The van der Waals surface area contributed by atoms with E-state index in [0.717, 1.165) is 5.75 Å². The van der Waals surface area contributed by atoms with E-state index in [9.17, 15) is 4.79 Å². The van der Waals surface area contributed by atoms with Crippen LogP contribution in [0.5, 0.6) is 17.2 Å². The number of ether oxygens (including phenoxy) is 2. The molecular weight excluding hydrogens is 316 g/mol. The first-order valence-electron chi connectivity index (χ1n) is 7.98. The highest BCUT2D eigenvalue weighted by Crippen LogP contribution is 2.25. The van der Waals surface area contributed by atoms with Crippen LogP contribution in [0.2, 0.25) is 0 Å². The van der Waals surface area contributed by atoms with Gasteiger partial charge in [-0.15, -0.1) is 0 Å². The Morgan fingerprint density at radius 2 is 1.56 bits per heavy atom.